The Morgan fingerprint density at radius 1 is 0.757 bits per heavy atom. The zero-order valence-corrected chi connectivity index (χ0v) is 22.6. The van der Waals surface area contributed by atoms with Gasteiger partial charge in [-0.05, 0) is 66.5 Å². The maximum Gasteiger partial charge on any atom is 0.331 e. The minimum absolute atomic E-state index is 0.112. The largest absolute Gasteiger partial charge is 0.478 e. The van der Waals surface area contributed by atoms with Crippen LogP contribution in [0.1, 0.15) is 91.0 Å². The summed E-state index contributed by atoms with van der Waals surface area (Å²) in [5.41, 5.74) is 2.04. The molecule has 1 unspecified atom stereocenters. The molecule has 0 aromatic heterocycles. The van der Waals surface area contributed by atoms with Crippen molar-refractivity contribution < 1.29 is 29.7 Å². The topological polar surface area (TPSA) is 112 Å². The van der Waals surface area contributed by atoms with E-state index in [1.54, 1.807) is 13.0 Å². The summed E-state index contributed by atoms with van der Waals surface area (Å²) < 4.78 is 0. The molecule has 0 heterocycles. The lowest BCUT2D eigenvalue weighted by atomic mass is 9.89. The molecule has 1 rings (SSSR count). The minimum atomic E-state index is -1.10. The van der Waals surface area contributed by atoms with Crippen molar-refractivity contribution in [2.45, 2.75) is 85.5 Å². The highest BCUT2D eigenvalue weighted by Crippen LogP contribution is 2.29. The molecule has 0 aliphatic rings. The summed E-state index contributed by atoms with van der Waals surface area (Å²) in [4.78, 5) is 36.4. The minimum Gasteiger partial charge on any atom is -0.478 e. The van der Waals surface area contributed by atoms with Crippen LogP contribution in [0.2, 0.25) is 0 Å². The fourth-order valence-corrected chi connectivity index (χ4v) is 4.08. The Kier molecular flexibility index (Phi) is 14.6. The molecule has 1 atom stereocenters. The molecular weight excluding hydrogens is 468 g/mol. The van der Waals surface area contributed by atoms with Crippen LogP contribution in [0.4, 0.5) is 0 Å². The molecule has 0 saturated carbocycles. The number of carbonyl (C=O) groups is 3. The van der Waals surface area contributed by atoms with E-state index in [4.69, 9.17) is 0 Å². The molecule has 3 N–H and O–H groups in total. The van der Waals surface area contributed by atoms with E-state index in [1.807, 2.05) is 44.2 Å². The number of carboxylic acid groups (broad SMARTS) is 3. The SMILES string of the molecule is CCCCC(=CC(=C(C=C(CC)C(=O)O)C=C(CC(CC)CCCC)C(=O)O)c1ccccc1)C(=O)O. The summed E-state index contributed by atoms with van der Waals surface area (Å²) in [5, 5.41) is 29.7. The van der Waals surface area contributed by atoms with E-state index in [-0.39, 0.29) is 29.1 Å². The maximum absolute atomic E-state index is 12.3. The monoisotopic (exact) mass is 510 g/mol. The van der Waals surface area contributed by atoms with Gasteiger partial charge in [0, 0.05) is 16.7 Å². The first-order valence-electron chi connectivity index (χ1n) is 13.3. The number of hydrogen-bond donors (Lipinski definition) is 3. The van der Waals surface area contributed by atoms with Crippen LogP contribution in [-0.4, -0.2) is 33.2 Å². The van der Waals surface area contributed by atoms with Crippen molar-refractivity contribution in [1.82, 2.24) is 0 Å². The predicted molar refractivity (Wildman–Crippen MR) is 148 cm³/mol. The number of carboxylic acids is 3. The first-order chi connectivity index (χ1) is 17.7. The second kappa shape index (κ2) is 17.1. The average molecular weight is 511 g/mol. The van der Waals surface area contributed by atoms with E-state index >= 15 is 0 Å². The van der Waals surface area contributed by atoms with Crippen LogP contribution in [-0.2, 0) is 14.4 Å². The Bertz CT molecular complexity index is 1030. The van der Waals surface area contributed by atoms with E-state index in [1.165, 1.54) is 12.2 Å². The third-order valence-electron chi connectivity index (χ3n) is 6.43. The standard InChI is InChI=1S/C31H42O6/c1-5-9-14-22(7-3)18-27(31(36)37)20-26(19-23(8-4)29(32)33)28(24-16-12-11-13-17-24)21-25(30(34)35)15-10-6-2/h11-13,16-17,19-22H,5-10,14-15,18H2,1-4H3,(H,32,33)(H,34,35)(H,36,37). The fraction of sp³-hybridized carbons (Fsp3) is 0.452. The molecule has 0 radical (unpaired) electrons. The summed E-state index contributed by atoms with van der Waals surface area (Å²) in [6.45, 7) is 7.84. The molecule has 0 aliphatic carbocycles. The van der Waals surface area contributed by atoms with Crippen LogP contribution in [0, 0.1) is 5.92 Å². The van der Waals surface area contributed by atoms with Crippen LogP contribution in [0.15, 0.2) is 70.9 Å². The van der Waals surface area contributed by atoms with Crippen LogP contribution in [0.5, 0.6) is 0 Å². The quantitative estimate of drug-likeness (QED) is 0.146. The average Bonchev–Trinajstić information content (AvgIpc) is 2.88. The maximum atomic E-state index is 12.3. The highest BCUT2D eigenvalue weighted by atomic mass is 16.4. The van der Waals surface area contributed by atoms with E-state index in [0.717, 1.165) is 32.1 Å². The fourth-order valence-electron chi connectivity index (χ4n) is 4.08. The molecule has 37 heavy (non-hydrogen) atoms. The lowest BCUT2D eigenvalue weighted by Crippen LogP contribution is -2.09. The number of unbranched alkanes of at least 4 members (excludes halogenated alkanes) is 2. The van der Waals surface area contributed by atoms with Gasteiger partial charge in [0.15, 0.2) is 0 Å². The van der Waals surface area contributed by atoms with E-state index in [0.29, 0.717) is 36.0 Å². The first-order valence-corrected chi connectivity index (χ1v) is 13.3. The van der Waals surface area contributed by atoms with Crippen LogP contribution >= 0.6 is 0 Å². The van der Waals surface area contributed by atoms with Gasteiger partial charge in [-0.15, -0.1) is 0 Å². The van der Waals surface area contributed by atoms with Crippen molar-refractivity contribution in [2.24, 2.45) is 5.92 Å². The molecule has 0 spiro atoms. The Hall–Kier alpha value is -3.41. The van der Waals surface area contributed by atoms with E-state index < -0.39 is 17.9 Å². The molecule has 0 saturated heterocycles. The van der Waals surface area contributed by atoms with Crippen LogP contribution in [0.25, 0.3) is 5.57 Å². The second-order valence-electron chi connectivity index (χ2n) is 9.24. The molecule has 1 aromatic carbocycles. The number of hydrogen-bond acceptors (Lipinski definition) is 3. The van der Waals surface area contributed by atoms with Gasteiger partial charge in [-0.1, -0.05) is 90.1 Å². The third kappa shape index (κ3) is 11.0. The van der Waals surface area contributed by atoms with Gasteiger partial charge in [0.2, 0.25) is 0 Å². The van der Waals surface area contributed by atoms with Gasteiger partial charge < -0.3 is 15.3 Å². The second-order valence-corrected chi connectivity index (χ2v) is 9.24. The number of benzene rings is 1. The smallest absolute Gasteiger partial charge is 0.331 e. The van der Waals surface area contributed by atoms with Gasteiger partial charge in [0.25, 0.3) is 0 Å². The third-order valence-corrected chi connectivity index (χ3v) is 6.43. The van der Waals surface area contributed by atoms with Gasteiger partial charge in [-0.2, -0.15) is 0 Å². The van der Waals surface area contributed by atoms with Crippen LogP contribution in [0.3, 0.4) is 0 Å². The van der Waals surface area contributed by atoms with E-state index in [2.05, 4.69) is 6.92 Å². The molecule has 6 heteroatoms. The first kappa shape index (κ1) is 31.6. The number of allylic oxidation sites excluding steroid dienone is 5. The van der Waals surface area contributed by atoms with Gasteiger partial charge >= 0.3 is 17.9 Å². The van der Waals surface area contributed by atoms with Crippen molar-refractivity contribution in [3.8, 4) is 0 Å². The van der Waals surface area contributed by atoms with Gasteiger partial charge in [-0.25, -0.2) is 14.4 Å². The van der Waals surface area contributed by atoms with Crippen molar-refractivity contribution >= 4 is 23.5 Å². The molecule has 202 valence electrons. The number of rotatable bonds is 17. The Morgan fingerprint density at radius 2 is 1.32 bits per heavy atom. The summed E-state index contributed by atoms with van der Waals surface area (Å²) in [5.74, 6) is -3.02. The highest BCUT2D eigenvalue weighted by molar-refractivity contribution is 5.95. The zero-order chi connectivity index (χ0) is 27.8. The van der Waals surface area contributed by atoms with E-state index in [9.17, 15) is 29.7 Å². The van der Waals surface area contributed by atoms with Crippen molar-refractivity contribution in [2.75, 3.05) is 0 Å². The highest BCUT2D eigenvalue weighted by Gasteiger charge is 2.18. The summed E-state index contributed by atoms with van der Waals surface area (Å²) in [7, 11) is 0. The lowest BCUT2D eigenvalue weighted by Gasteiger charge is -2.16. The van der Waals surface area contributed by atoms with Crippen molar-refractivity contribution in [3.05, 3.63) is 76.4 Å². The lowest BCUT2D eigenvalue weighted by molar-refractivity contribution is -0.133. The summed E-state index contributed by atoms with van der Waals surface area (Å²) in [6.07, 6.45) is 10.8. The molecule has 0 bridgehead atoms. The normalized spacial score (nSPS) is 14.2. The molecule has 0 aliphatic heterocycles. The summed E-state index contributed by atoms with van der Waals surface area (Å²) >= 11 is 0. The zero-order valence-electron chi connectivity index (χ0n) is 22.6. The van der Waals surface area contributed by atoms with Crippen molar-refractivity contribution in [1.29, 1.82) is 0 Å². The molecule has 1 aromatic rings. The summed E-state index contributed by atoms with van der Waals surface area (Å²) in [6, 6.07) is 9.09. The van der Waals surface area contributed by atoms with Crippen LogP contribution < -0.4 is 0 Å². The van der Waals surface area contributed by atoms with Gasteiger partial charge in [0.1, 0.15) is 0 Å². The molecule has 0 amide bonds. The Morgan fingerprint density at radius 3 is 1.81 bits per heavy atom. The Balaban J connectivity index is 4.02. The molecule has 6 nitrogen and oxygen atoms in total. The molecular formula is C31H42O6. The van der Waals surface area contributed by atoms with Gasteiger partial charge in [0.05, 0.1) is 0 Å². The predicted octanol–water partition coefficient (Wildman–Crippen LogP) is 7.68. The Labute approximate surface area is 221 Å². The van der Waals surface area contributed by atoms with Crippen molar-refractivity contribution in [3.63, 3.8) is 0 Å². The molecule has 0 fully saturated rings. The number of aliphatic carboxylic acids is 3. The van der Waals surface area contributed by atoms with Gasteiger partial charge in [-0.3, -0.25) is 0 Å².